The van der Waals surface area contributed by atoms with Gasteiger partial charge in [0.25, 0.3) is 0 Å². The molecule has 0 spiro atoms. The van der Waals surface area contributed by atoms with Crippen LogP contribution in [0, 0.1) is 13.8 Å². The number of amides is 1. The Labute approximate surface area is 174 Å². The minimum absolute atomic E-state index is 0.166. The number of carbonyl (C=O) groups is 1. The first-order valence-corrected chi connectivity index (χ1v) is 10.4. The molecule has 0 saturated carbocycles. The molecule has 0 unspecified atom stereocenters. The Morgan fingerprint density at radius 3 is 2.34 bits per heavy atom. The molecule has 1 fully saturated rings. The molecule has 1 aliphatic heterocycles. The van der Waals surface area contributed by atoms with Crippen molar-refractivity contribution in [3.8, 4) is 0 Å². The van der Waals surface area contributed by atoms with Crippen molar-refractivity contribution in [1.82, 2.24) is 19.8 Å². The van der Waals surface area contributed by atoms with Crippen molar-refractivity contribution in [2.24, 2.45) is 0 Å². The predicted molar refractivity (Wildman–Crippen MR) is 117 cm³/mol. The van der Waals surface area contributed by atoms with E-state index in [1.807, 2.05) is 18.9 Å². The van der Waals surface area contributed by atoms with E-state index >= 15 is 0 Å². The quantitative estimate of drug-likeness (QED) is 0.753. The number of aryl methyl sites for hydroxylation is 2. The number of hydrogen-bond acceptors (Lipinski definition) is 5. The van der Waals surface area contributed by atoms with Crippen LogP contribution in [0.3, 0.4) is 0 Å². The standard InChI is InChI=1S/C23H33N5O/c1-17(2)23-24-19(4)14-21(25-23)28-12-10-27(11-13-28)16-22(29)26(5)15-20-8-6-18(3)7-9-20/h6-9,14,17H,10-13,15-16H2,1-5H3. The van der Waals surface area contributed by atoms with E-state index < -0.39 is 0 Å². The van der Waals surface area contributed by atoms with Crippen molar-refractivity contribution in [1.29, 1.82) is 0 Å². The van der Waals surface area contributed by atoms with Gasteiger partial charge < -0.3 is 9.80 Å². The number of hydrogen-bond donors (Lipinski definition) is 0. The topological polar surface area (TPSA) is 52.6 Å². The number of benzene rings is 1. The summed E-state index contributed by atoms with van der Waals surface area (Å²) >= 11 is 0. The van der Waals surface area contributed by atoms with Crippen LogP contribution >= 0.6 is 0 Å². The van der Waals surface area contributed by atoms with Crippen molar-refractivity contribution >= 4 is 11.7 Å². The van der Waals surface area contributed by atoms with Gasteiger partial charge in [0.1, 0.15) is 11.6 Å². The highest BCUT2D eigenvalue weighted by Crippen LogP contribution is 2.18. The fraction of sp³-hybridized carbons (Fsp3) is 0.522. The number of nitrogens with zero attached hydrogens (tertiary/aromatic N) is 5. The van der Waals surface area contributed by atoms with E-state index in [9.17, 15) is 4.79 Å². The summed E-state index contributed by atoms with van der Waals surface area (Å²) in [4.78, 5) is 28.3. The number of anilines is 1. The van der Waals surface area contributed by atoms with E-state index in [-0.39, 0.29) is 5.91 Å². The highest BCUT2D eigenvalue weighted by molar-refractivity contribution is 5.78. The molecule has 0 radical (unpaired) electrons. The molecule has 3 rings (SSSR count). The van der Waals surface area contributed by atoms with E-state index in [0.29, 0.717) is 19.0 Å². The van der Waals surface area contributed by atoms with E-state index in [4.69, 9.17) is 4.98 Å². The minimum Gasteiger partial charge on any atom is -0.354 e. The zero-order chi connectivity index (χ0) is 21.0. The molecule has 0 bridgehead atoms. The maximum absolute atomic E-state index is 12.6. The van der Waals surface area contributed by atoms with Gasteiger partial charge in [-0.25, -0.2) is 9.97 Å². The maximum atomic E-state index is 12.6. The Morgan fingerprint density at radius 1 is 1.07 bits per heavy atom. The Hall–Kier alpha value is -2.47. The van der Waals surface area contributed by atoms with Crippen molar-refractivity contribution in [3.63, 3.8) is 0 Å². The molecule has 0 aliphatic carbocycles. The fourth-order valence-electron chi connectivity index (χ4n) is 3.50. The summed E-state index contributed by atoms with van der Waals surface area (Å²) in [5.74, 6) is 2.38. The van der Waals surface area contributed by atoms with Crippen LogP contribution in [-0.4, -0.2) is 65.4 Å². The number of piperazine rings is 1. The molecule has 2 aromatic rings. The normalized spacial score (nSPS) is 15.0. The van der Waals surface area contributed by atoms with Crippen LogP contribution in [0.25, 0.3) is 0 Å². The second-order valence-electron chi connectivity index (χ2n) is 8.38. The zero-order valence-corrected chi connectivity index (χ0v) is 18.4. The lowest BCUT2D eigenvalue weighted by atomic mass is 10.1. The molecule has 1 aromatic heterocycles. The van der Waals surface area contributed by atoms with Crippen LogP contribution < -0.4 is 4.90 Å². The van der Waals surface area contributed by atoms with Crippen LogP contribution in [-0.2, 0) is 11.3 Å². The Kier molecular flexibility index (Phi) is 6.85. The van der Waals surface area contributed by atoms with Gasteiger partial charge in [-0.3, -0.25) is 9.69 Å². The van der Waals surface area contributed by atoms with Gasteiger partial charge >= 0.3 is 0 Å². The second kappa shape index (κ2) is 9.35. The summed E-state index contributed by atoms with van der Waals surface area (Å²) in [7, 11) is 1.88. The molecule has 2 heterocycles. The first kappa shape index (κ1) is 21.2. The molecule has 0 atom stereocenters. The largest absolute Gasteiger partial charge is 0.354 e. The van der Waals surface area contributed by atoms with Crippen molar-refractivity contribution in [2.45, 2.75) is 40.2 Å². The minimum atomic E-state index is 0.166. The van der Waals surface area contributed by atoms with Crippen LogP contribution in [0.4, 0.5) is 5.82 Å². The van der Waals surface area contributed by atoms with Gasteiger partial charge in [0.05, 0.1) is 6.54 Å². The average Bonchev–Trinajstić information content (AvgIpc) is 2.69. The fourth-order valence-corrected chi connectivity index (χ4v) is 3.50. The molecule has 156 valence electrons. The van der Waals surface area contributed by atoms with E-state index in [0.717, 1.165) is 49.1 Å². The Morgan fingerprint density at radius 2 is 1.72 bits per heavy atom. The van der Waals surface area contributed by atoms with E-state index in [1.54, 1.807) is 0 Å². The van der Waals surface area contributed by atoms with Crippen LogP contribution in [0.15, 0.2) is 30.3 Å². The summed E-state index contributed by atoms with van der Waals surface area (Å²) in [6.45, 7) is 12.9. The van der Waals surface area contributed by atoms with Gasteiger partial charge in [-0.1, -0.05) is 43.7 Å². The SMILES string of the molecule is Cc1ccc(CN(C)C(=O)CN2CCN(c3cc(C)nc(C(C)C)n3)CC2)cc1. The lowest BCUT2D eigenvalue weighted by Gasteiger charge is -2.36. The molecule has 1 saturated heterocycles. The molecule has 29 heavy (non-hydrogen) atoms. The van der Waals surface area contributed by atoms with Gasteiger partial charge in [-0.2, -0.15) is 0 Å². The van der Waals surface area contributed by atoms with Crippen molar-refractivity contribution in [3.05, 3.63) is 53.0 Å². The number of carbonyl (C=O) groups excluding carboxylic acids is 1. The third-order valence-electron chi connectivity index (χ3n) is 5.40. The van der Waals surface area contributed by atoms with E-state index in [2.05, 4.69) is 65.9 Å². The van der Waals surface area contributed by atoms with Crippen LogP contribution in [0.1, 0.15) is 42.4 Å². The van der Waals surface area contributed by atoms with Crippen molar-refractivity contribution < 1.29 is 4.79 Å². The van der Waals surface area contributed by atoms with Gasteiger partial charge in [0.15, 0.2) is 0 Å². The third kappa shape index (κ3) is 5.76. The predicted octanol–water partition coefficient (Wildman–Crippen LogP) is 3.00. The average molecular weight is 396 g/mol. The molecule has 1 aromatic carbocycles. The third-order valence-corrected chi connectivity index (χ3v) is 5.40. The first-order chi connectivity index (χ1) is 13.8. The summed E-state index contributed by atoms with van der Waals surface area (Å²) < 4.78 is 0. The maximum Gasteiger partial charge on any atom is 0.236 e. The van der Waals surface area contributed by atoms with Gasteiger partial charge in [-0.15, -0.1) is 0 Å². The smallest absolute Gasteiger partial charge is 0.236 e. The molecule has 6 nitrogen and oxygen atoms in total. The number of aromatic nitrogens is 2. The summed E-state index contributed by atoms with van der Waals surface area (Å²) in [5, 5.41) is 0. The molecular weight excluding hydrogens is 362 g/mol. The van der Waals surface area contributed by atoms with Gasteiger partial charge in [0, 0.05) is 57.4 Å². The molecule has 1 amide bonds. The Balaban J connectivity index is 1.51. The van der Waals surface area contributed by atoms with Crippen molar-refractivity contribution in [2.75, 3.05) is 44.7 Å². The van der Waals surface area contributed by atoms with Gasteiger partial charge in [0.2, 0.25) is 5.91 Å². The first-order valence-electron chi connectivity index (χ1n) is 10.4. The number of rotatable bonds is 6. The lowest BCUT2D eigenvalue weighted by molar-refractivity contribution is -0.131. The summed E-state index contributed by atoms with van der Waals surface area (Å²) in [5.41, 5.74) is 3.41. The molecule has 1 aliphatic rings. The monoisotopic (exact) mass is 395 g/mol. The Bertz CT molecular complexity index is 826. The van der Waals surface area contributed by atoms with Crippen LogP contribution in [0.2, 0.25) is 0 Å². The zero-order valence-electron chi connectivity index (χ0n) is 18.4. The molecular formula is C23H33N5O. The van der Waals surface area contributed by atoms with Crippen LogP contribution in [0.5, 0.6) is 0 Å². The lowest BCUT2D eigenvalue weighted by Crippen LogP contribution is -2.50. The van der Waals surface area contributed by atoms with E-state index in [1.165, 1.54) is 5.56 Å². The number of likely N-dealkylation sites (N-methyl/N-ethyl adjacent to an activating group) is 1. The highest BCUT2D eigenvalue weighted by Gasteiger charge is 2.22. The molecule has 6 heteroatoms. The van der Waals surface area contributed by atoms with Gasteiger partial charge in [-0.05, 0) is 19.4 Å². The molecule has 0 N–H and O–H groups in total. The summed E-state index contributed by atoms with van der Waals surface area (Å²) in [6, 6.07) is 10.4. The second-order valence-corrected chi connectivity index (χ2v) is 8.38. The highest BCUT2D eigenvalue weighted by atomic mass is 16.2. The summed E-state index contributed by atoms with van der Waals surface area (Å²) in [6.07, 6.45) is 0.